The van der Waals surface area contributed by atoms with Gasteiger partial charge in [0.15, 0.2) is 0 Å². The number of aryl methyl sites for hydroxylation is 1. The first-order chi connectivity index (χ1) is 14.2. The zero-order chi connectivity index (χ0) is 19.8. The van der Waals surface area contributed by atoms with Crippen LogP contribution < -0.4 is 10.1 Å². The molecule has 3 aromatic carbocycles. The molecular weight excluding hydrogens is 378 g/mol. The molecule has 3 heteroatoms. The second-order valence-corrected chi connectivity index (χ2v) is 8.38. The SMILES string of the molecule is Cc1ccc(Cl)c2c1N[C@@H](c1ccc(OCc3ccccc3)cc1)[C@H]1CC=C[C@@H]21. The molecule has 29 heavy (non-hydrogen) atoms. The lowest BCUT2D eigenvalue weighted by Crippen LogP contribution is -2.29. The second-order valence-electron chi connectivity index (χ2n) is 7.97. The van der Waals surface area contributed by atoms with E-state index < -0.39 is 0 Å². The first kappa shape index (κ1) is 18.3. The third kappa shape index (κ3) is 3.42. The number of rotatable bonds is 4. The molecule has 0 aromatic heterocycles. The monoisotopic (exact) mass is 401 g/mol. The van der Waals surface area contributed by atoms with Gasteiger partial charge in [0, 0.05) is 22.2 Å². The van der Waals surface area contributed by atoms with Crippen LogP contribution in [0.25, 0.3) is 0 Å². The molecule has 5 rings (SSSR count). The van der Waals surface area contributed by atoms with Gasteiger partial charge in [-0.25, -0.2) is 0 Å². The van der Waals surface area contributed by atoms with E-state index in [4.69, 9.17) is 16.3 Å². The summed E-state index contributed by atoms with van der Waals surface area (Å²) in [5.74, 6) is 1.75. The van der Waals surface area contributed by atoms with E-state index >= 15 is 0 Å². The quantitative estimate of drug-likeness (QED) is 0.472. The molecule has 0 radical (unpaired) electrons. The zero-order valence-electron chi connectivity index (χ0n) is 16.4. The third-order valence-corrected chi connectivity index (χ3v) is 6.49. The Morgan fingerprint density at radius 3 is 2.59 bits per heavy atom. The van der Waals surface area contributed by atoms with Gasteiger partial charge in [0.25, 0.3) is 0 Å². The van der Waals surface area contributed by atoms with Crippen LogP contribution in [-0.2, 0) is 6.61 Å². The van der Waals surface area contributed by atoms with Gasteiger partial charge < -0.3 is 10.1 Å². The Hall–Kier alpha value is -2.71. The Balaban J connectivity index is 1.39. The lowest BCUT2D eigenvalue weighted by atomic mass is 9.76. The second kappa shape index (κ2) is 7.61. The molecule has 2 nitrogen and oxygen atoms in total. The molecule has 146 valence electrons. The van der Waals surface area contributed by atoms with Crippen LogP contribution in [0.5, 0.6) is 5.75 Å². The first-order valence-electron chi connectivity index (χ1n) is 10.2. The van der Waals surface area contributed by atoms with Crippen molar-refractivity contribution in [2.45, 2.75) is 31.9 Å². The highest BCUT2D eigenvalue weighted by Crippen LogP contribution is 2.52. The number of halogens is 1. The number of nitrogens with one attached hydrogen (secondary N) is 1. The Morgan fingerprint density at radius 2 is 1.79 bits per heavy atom. The van der Waals surface area contributed by atoms with Crippen LogP contribution in [0.3, 0.4) is 0 Å². The van der Waals surface area contributed by atoms with E-state index in [1.807, 2.05) is 24.3 Å². The number of allylic oxidation sites excluding steroid dienone is 2. The molecule has 1 heterocycles. The zero-order valence-corrected chi connectivity index (χ0v) is 17.2. The largest absolute Gasteiger partial charge is 0.489 e. The number of hydrogen-bond donors (Lipinski definition) is 1. The van der Waals surface area contributed by atoms with Crippen molar-refractivity contribution in [3.8, 4) is 5.75 Å². The van der Waals surface area contributed by atoms with Crippen LogP contribution in [0.1, 0.15) is 40.6 Å². The summed E-state index contributed by atoms with van der Waals surface area (Å²) in [5, 5.41) is 4.67. The highest BCUT2D eigenvalue weighted by Gasteiger charge is 2.39. The minimum Gasteiger partial charge on any atom is -0.489 e. The maximum Gasteiger partial charge on any atom is 0.119 e. The molecule has 3 atom stereocenters. The normalized spacial score (nSPS) is 21.9. The number of ether oxygens (including phenoxy) is 1. The predicted octanol–water partition coefficient (Wildman–Crippen LogP) is 7.05. The van der Waals surface area contributed by atoms with E-state index in [2.05, 4.69) is 66.9 Å². The van der Waals surface area contributed by atoms with Gasteiger partial charge in [-0.2, -0.15) is 0 Å². The summed E-state index contributed by atoms with van der Waals surface area (Å²) >= 11 is 6.59. The molecule has 0 unspecified atom stereocenters. The number of benzene rings is 3. The summed E-state index contributed by atoms with van der Waals surface area (Å²) in [6.07, 6.45) is 5.70. The molecule has 0 spiro atoms. The minimum atomic E-state index is 0.267. The lowest BCUT2D eigenvalue weighted by molar-refractivity contribution is 0.306. The van der Waals surface area contributed by atoms with E-state index in [0.717, 1.165) is 17.2 Å². The fourth-order valence-electron chi connectivity index (χ4n) is 4.65. The highest BCUT2D eigenvalue weighted by molar-refractivity contribution is 6.32. The van der Waals surface area contributed by atoms with Crippen LogP contribution in [0.15, 0.2) is 78.9 Å². The van der Waals surface area contributed by atoms with E-state index in [-0.39, 0.29) is 6.04 Å². The Morgan fingerprint density at radius 1 is 1.00 bits per heavy atom. The summed E-state index contributed by atoms with van der Waals surface area (Å²) in [7, 11) is 0. The number of fused-ring (bicyclic) bond motifs is 3. The Kier molecular flexibility index (Phi) is 4.81. The average molecular weight is 402 g/mol. The highest BCUT2D eigenvalue weighted by atomic mass is 35.5. The molecular formula is C26H24ClNO. The van der Waals surface area contributed by atoms with Crippen LogP contribution in [0.2, 0.25) is 5.02 Å². The molecule has 1 N–H and O–H groups in total. The van der Waals surface area contributed by atoms with Gasteiger partial charge in [0.2, 0.25) is 0 Å². The van der Waals surface area contributed by atoms with E-state index in [9.17, 15) is 0 Å². The molecule has 1 aliphatic carbocycles. The summed E-state index contributed by atoms with van der Waals surface area (Å²) in [5.41, 5.74) is 6.16. The lowest BCUT2D eigenvalue weighted by Gasteiger charge is -2.38. The van der Waals surface area contributed by atoms with Gasteiger partial charge in [0.1, 0.15) is 12.4 Å². The summed E-state index contributed by atoms with van der Waals surface area (Å²) < 4.78 is 5.96. The molecule has 0 amide bonds. The molecule has 0 saturated heterocycles. The molecule has 0 bridgehead atoms. The number of anilines is 1. The molecule has 0 saturated carbocycles. The van der Waals surface area contributed by atoms with Crippen molar-refractivity contribution < 1.29 is 4.74 Å². The van der Waals surface area contributed by atoms with Crippen LogP contribution in [-0.4, -0.2) is 0 Å². The maximum atomic E-state index is 6.59. The van der Waals surface area contributed by atoms with Crippen molar-refractivity contribution in [3.63, 3.8) is 0 Å². The van der Waals surface area contributed by atoms with Crippen molar-refractivity contribution in [2.75, 3.05) is 5.32 Å². The van der Waals surface area contributed by atoms with Gasteiger partial charge in [-0.1, -0.05) is 72.3 Å². The van der Waals surface area contributed by atoms with Gasteiger partial charge in [-0.3, -0.25) is 0 Å². The Labute approximate surface area is 177 Å². The van der Waals surface area contributed by atoms with Gasteiger partial charge >= 0.3 is 0 Å². The fraction of sp³-hybridized carbons (Fsp3) is 0.231. The van der Waals surface area contributed by atoms with Crippen LogP contribution in [0, 0.1) is 12.8 Å². The third-order valence-electron chi connectivity index (χ3n) is 6.16. The topological polar surface area (TPSA) is 21.3 Å². The fourth-order valence-corrected chi connectivity index (χ4v) is 4.93. The molecule has 0 fully saturated rings. The smallest absolute Gasteiger partial charge is 0.119 e. The minimum absolute atomic E-state index is 0.267. The van der Waals surface area contributed by atoms with Crippen molar-refractivity contribution in [1.29, 1.82) is 0 Å². The first-order valence-corrected chi connectivity index (χ1v) is 10.6. The molecule has 2 aliphatic rings. The van der Waals surface area contributed by atoms with Gasteiger partial charge in [-0.15, -0.1) is 0 Å². The van der Waals surface area contributed by atoms with Crippen LogP contribution >= 0.6 is 11.6 Å². The van der Waals surface area contributed by atoms with Crippen molar-refractivity contribution in [2.24, 2.45) is 5.92 Å². The van der Waals surface area contributed by atoms with E-state index in [0.29, 0.717) is 18.4 Å². The number of hydrogen-bond acceptors (Lipinski definition) is 2. The van der Waals surface area contributed by atoms with E-state index in [1.165, 1.54) is 27.9 Å². The standard InChI is InChI=1S/C26H24ClNO/c1-17-10-15-23(27)24-21-8-5-9-22(21)26(28-25(17)24)19-11-13-20(14-12-19)29-16-18-6-3-2-4-7-18/h2-8,10-15,21-22,26,28H,9,16H2,1H3/t21-,22+,26+/m1/s1. The van der Waals surface area contributed by atoms with Gasteiger partial charge in [0.05, 0.1) is 6.04 Å². The maximum absolute atomic E-state index is 6.59. The van der Waals surface area contributed by atoms with Crippen molar-refractivity contribution >= 4 is 17.3 Å². The summed E-state index contributed by atoms with van der Waals surface area (Å²) in [6.45, 7) is 2.74. The predicted molar refractivity (Wildman–Crippen MR) is 120 cm³/mol. The van der Waals surface area contributed by atoms with Crippen molar-refractivity contribution in [3.05, 3.63) is 106 Å². The molecule has 1 aliphatic heterocycles. The average Bonchev–Trinajstić information content (AvgIpc) is 3.25. The molecule has 3 aromatic rings. The summed E-state index contributed by atoms with van der Waals surface area (Å²) in [6, 6.07) is 23.2. The van der Waals surface area contributed by atoms with Gasteiger partial charge in [-0.05, 0) is 54.2 Å². The van der Waals surface area contributed by atoms with E-state index in [1.54, 1.807) is 0 Å². The Bertz CT molecular complexity index is 1040. The van der Waals surface area contributed by atoms with Crippen LogP contribution in [0.4, 0.5) is 5.69 Å². The summed E-state index contributed by atoms with van der Waals surface area (Å²) in [4.78, 5) is 0. The van der Waals surface area contributed by atoms with Crippen molar-refractivity contribution in [1.82, 2.24) is 0 Å².